The Morgan fingerprint density at radius 2 is 2.10 bits per heavy atom. The van der Waals surface area contributed by atoms with Crippen LogP contribution >= 0.6 is 0 Å². The van der Waals surface area contributed by atoms with Crippen molar-refractivity contribution in [3.05, 3.63) is 29.6 Å². The van der Waals surface area contributed by atoms with Gasteiger partial charge in [0.1, 0.15) is 0 Å². The van der Waals surface area contributed by atoms with Gasteiger partial charge < -0.3 is 9.80 Å². The molecule has 1 heterocycles. The van der Waals surface area contributed by atoms with Gasteiger partial charge in [0.15, 0.2) is 0 Å². The van der Waals surface area contributed by atoms with E-state index in [9.17, 15) is 4.79 Å². The predicted octanol–water partition coefficient (Wildman–Crippen LogP) is 1.58. The number of rotatable bonds is 7. The van der Waals surface area contributed by atoms with Crippen LogP contribution in [0.1, 0.15) is 24.2 Å². The van der Waals surface area contributed by atoms with Gasteiger partial charge in [-0.1, -0.05) is 6.07 Å². The van der Waals surface area contributed by atoms with Crippen LogP contribution in [0.3, 0.4) is 0 Å². The van der Waals surface area contributed by atoms with E-state index in [1.807, 2.05) is 38.2 Å². The quantitative estimate of drug-likeness (QED) is 0.757. The van der Waals surface area contributed by atoms with E-state index in [0.29, 0.717) is 25.9 Å². The van der Waals surface area contributed by atoms with E-state index in [2.05, 4.69) is 9.88 Å². The predicted molar refractivity (Wildman–Crippen MR) is 77.8 cm³/mol. The highest BCUT2D eigenvalue weighted by Crippen LogP contribution is 2.03. The first-order valence-corrected chi connectivity index (χ1v) is 6.75. The number of aromatic nitrogens is 1. The first-order chi connectivity index (χ1) is 9.52. The number of pyridine rings is 1. The van der Waals surface area contributed by atoms with E-state index in [4.69, 9.17) is 5.26 Å². The molecule has 0 aliphatic rings. The summed E-state index contributed by atoms with van der Waals surface area (Å²) in [5.41, 5.74) is 2.01. The fourth-order valence-electron chi connectivity index (χ4n) is 1.86. The molecule has 0 saturated carbocycles. The molecule has 0 spiro atoms. The van der Waals surface area contributed by atoms with Crippen LogP contribution in [0.5, 0.6) is 0 Å². The Morgan fingerprint density at radius 3 is 2.75 bits per heavy atom. The zero-order chi connectivity index (χ0) is 15.0. The minimum absolute atomic E-state index is 0.0734. The van der Waals surface area contributed by atoms with Gasteiger partial charge in [0.05, 0.1) is 18.2 Å². The smallest absolute Gasteiger partial charge is 0.223 e. The molecule has 1 aromatic heterocycles. The standard InChI is InChI=1S/C15H22N4O/c1-13-6-4-7-14(17-13)12-18(2)11-8-15(20)19(3)10-5-9-16/h4,6-7H,5,8,10-12H2,1-3H3. The third kappa shape index (κ3) is 5.81. The maximum absolute atomic E-state index is 11.8. The summed E-state index contributed by atoms with van der Waals surface area (Å²) in [6.07, 6.45) is 0.843. The van der Waals surface area contributed by atoms with E-state index in [-0.39, 0.29) is 5.91 Å². The van der Waals surface area contributed by atoms with Crippen molar-refractivity contribution in [2.24, 2.45) is 0 Å². The lowest BCUT2D eigenvalue weighted by Gasteiger charge is -2.19. The average Bonchev–Trinajstić information content (AvgIpc) is 2.42. The van der Waals surface area contributed by atoms with Gasteiger partial charge in [-0.3, -0.25) is 9.78 Å². The van der Waals surface area contributed by atoms with E-state index in [1.165, 1.54) is 0 Å². The third-order valence-electron chi connectivity index (χ3n) is 3.07. The zero-order valence-corrected chi connectivity index (χ0v) is 12.5. The fourth-order valence-corrected chi connectivity index (χ4v) is 1.86. The maximum atomic E-state index is 11.8. The monoisotopic (exact) mass is 274 g/mol. The van der Waals surface area contributed by atoms with Crippen molar-refractivity contribution in [3.63, 3.8) is 0 Å². The normalized spacial score (nSPS) is 10.3. The molecule has 0 aliphatic heterocycles. The Bertz CT molecular complexity index is 481. The minimum atomic E-state index is 0.0734. The summed E-state index contributed by atoms with van der Waals surface area (Å²) in [6, 6.07) is 8.00. The number of hydrogen-bond acceptors (Lipinski definition) is 4. The molecule has 5 heteroatoms. The summed E-state index contributed by atoms with van der Waals surface area (Å²) < 4.78 is 0. The first kappa shape index (κ1) is 16.1. The zero-order valence-electron chi connectivity index (χ0n) is 12.5. The summed E-state index contributed by atoms with van der Waals surface area (Å²) in [4.78, 5) is 20.0. The number of carbonyl (C=O) groups excluding carboxylic acids is 1. The Labute approximate surface area is 120 Å². The van der Waals surface area contributed by atoms with Gasteiger partial charge in [-0.2, -0.15) is 5.26 Å². The molecule has 0 aromatic carbocycles. The van der Waals surface area contributed by atoms with Crippen molar-refractivity contribution in [2.75, 3.05) is 27.2 Å². The molecule has 0 fully saturated rings. The van der Waals surface area contributed by atoms with Crippen LogP contribution < -0.4 is 0 Å². The molecule has 1 aromatic rings. The lowest BCUT2D eigenvalue weighted by atomic mass is 10.3. The van der Waals surface area contributed by atoms with Crippen LogP contribution in [0.15, 0.2) is 18.2 Å². The van der Waals surface area contributed by atoms with E-state index in [0.717, 1.165) is 17.9 Å². The molecule has 0 bridgehead atoms. The van der Waals surface area contributed by atoms with Crippen molar-refractivity contribution < 1.29 is 4.79 Å². The molecule has 0 N–H and O–H groups in total. The van der Waals surface area contributed by atoms with Crippen molar-refractivity contribution >= 4 is 5.91 Å². The number of nitrogens with zero attached hydrogens (tertiary/aromatic N) is 4. The molecule has 20 heavy (non-hydrogen) atoms. The molecule has 1 amide bonds. The Kier molecular flexibility index (Phi) is 6.68. The second-order valence-corrected chi connectivity index (χ2v) is 4.98. The average molecular weight is 274 g/mol. The summed E-state index contributed by atoms with van der Waals surface area (Å²) in [5.74, 6) is 0.0734. The van der Waals surface area contributed by atoms with Crippen LogP contribution in [0.25, 0.3) is 0 Å². The molecule has 0 radical (unpaired) electrons. The molecular formula is C15H22N4O. The Balaban J connectivity index is 2.34. The fraction of sp³-hybridized carbons (Fsp3) is 0.533. The Morgan fingerprint density at radius 1 is 1.35 bits per heavy atom. The number of amides is 1. The second-order valence-electron chi connectivity index (χ2n) is 4.98. The second kappa shape index (κ2) is 8.28. The van der Waals surface area contributed by atoms with Gasteiger partial charge in [-0.25, -0.2) is 0 Å². The molecule has 1 rings (SSSR count). The van der Waals surface area contributed by atoms with Crippen molar-refractivity contribution in [3.8, 4) is 6.07 Å². The van der Waals surface area contributed by atoms with Crippen molar-refractivity contribution in [2.45, 2.75) is 26.3 Å². The van der Waals surface area contributed by atoms with Gasteiger partial charge >= 0.3 is 0 Å². The summed E-state index contributed by atoms with van der Waals surface area (Å²) in [7, 11) is 3.72. The maximum Gasteiger partial charge on any atom is 0.223 e. The first-order valence-electron chi connectivity index (χ1n) is 6.75. The number of nitriles is 1. The molecular weight excluding hydrogens is 252 g/mol. The van der Waals surface area contributed by atoms with Gasteiger partial charge in [0, 0.05) is 38.8 Å². The van der Waals surface area contributed by atoms with Crippen LogP contribution in [0, 0.1) is 18.3 Å². The van der Waals surface area contributed by atoms with Crippen LogP contribution in [0.2, 0.25) is 0 Å². The Hall–Kier alpha value is -1.93. The van der Waals surface area contributed by atoms with Crippen LogP contribution in [-0.2, 0) is 11.3 Å². The summed E-state index contributed by atoms with van der Waals surface area (Å²) >= 11 is 0. The van der Waals surface area contributed by atoms with Gasteiger partial charge in [-0.05, 0) is 26.1 Å². The van der Waals surface area contributed by atoms with E-state index >= 15 is 0 Å². The highest BCUT2D eigenvalue weighted by molar-refractivity contribution is 5.76. The highest BCUT2D eigenvalue weighted by Gasteiger charge is 2.10. The highest BCUT2D eigenvalue weighted by atomic mass is 16.2. The van der Waals surface area contributed by atoms with Gasteiger partial charge in [0.25, 0.3) is 0 Å². The molecule has 5 nitrogen and oxygen atoms in total. The minimum Gasteiger partial charge on any atom is -0.345 e. The summed E-state index contributed by atoms with van der Waals surface area (Å²) in [5, 5.41) is 8.50. The molecule has 0 saturated heterocycles. The molecule has 0 atom stereocenters. The lowest BCUT2D eigenvalue weighted by molar-refractivity contribution is -0.130. The topological polar surface area (TPSA) is 60.2 Å². The third-order valence-corrected chi connectivity index (χ3v) is 3.07. The molecule has 108 valence electrons. The SMILES string of the molecule is Cc1cccc(CN(C)CCC(=O)N(C)CCC#N)n1. The van der Waals surface area contributed by atoms with E-state index < -0.39 is 0 Å². The lowest BCUT2D eigenvalue weighted by Crippen LogP contribution is -2.31. The van der Waals surface area contributed by atoms with Crippen molar-refractivity contribution in [1.82, 2.24) is 14.8 Å². The molecule has 0 unspecified atom stereocenters. The largest absolute Gasteiger partial charge is 0.345 e. The van der Waals surface area contributed by atoms with E-state index in [1.54, 1.807) is 11.9 Å². The van der Waals surface area contributed by atoms with Crippen LogP contribution in [-0.4, -0.2) is 47.9 Å². The summed E-state index contributed by atoms with van der Waals surface area (Å²) in [6.45, 7) is 3.89. The van der Waals surface area contributed by atoms with Gasteiger partial charge in [-0.15, -0.1) is 0 Å². The number of carbonyl (C=O) groups is 1. The molecule has 0 aliphatic carbocycles. The van der Waals surface area contributed by atoms with Crippen molar-refractivity contribution in [1.29, 1.82) is 5.26 Å². The van der Waals surface area contributed by atoms with Gasteiger partial charge in [0.2, 0.25) is 5.91 Å². The number of hydrogen-bond donors (Lipinski definition) is 0. The van der Waals surface area contributed by atoms with Crippen LogP contribution in [0.4, 0.5) is 0 Å². The number of aryl methyl sites for hydroxylation is 1.